The van der Waals surface area contributed by atoms with E-state index in [-0.39, 0.29) is 18.0 Å². The maximum absolute atomic E-state index is 12.6. The maximum atomic E-state index is 12.6. The summed E-state index contributed by atoms with van der Waals surface area (Å²) in [6.07, 6.45) is 1.13. The Morgan fingerprint density at radius 3 is 2.59 bits per heavy atom. The summed E-state index contributed by atoms with van der Waals surface area (Å²) in [6.45, 7) is 3.68. The molecule has 29 heavy (non-hydrogen) atoms. The topological polar surface area (TPSA) is 94.8 Å². The van der Waals surface area contributed by atoms with Gasteiger partial charge in [0, 0.05) is 11.8 Å². The molecule has 1 heterocycles. The molecule has 3 aromatic rings. The van der Waals surface area contributed by atoms with E-state index < -0.39 is 21.7 Å². The van der Waals surface area contributed by atoms with Crippen LogP contribution >= 0.6 is 11.3 Å². The number of aromatic nitrogens is 1. The van der Waals surface area contributed by atoms with Crippen LogP contribution in [0.15, 0.2) is 52.4 Å². The van der Waals surface area contributed by atoms with Crippen molar-refractivity contribution in [3.63, 3.8) is 0 Å². The largest absolute Gasteiger partial charge is 0.465 e. The summed E-state index contributed by atoms with van der Waals surface area (Å²) in [4.78, 5) is 29.4. The number of hydrogen-bond acceptors (Lipinski definition) is 6. The third kappa shape index (κ3) is 4.80. The first-order valence-corrected chi connectivity index (χ1v) is 11.5. The number of carbonyl (C=O) groups is 2. The molecular formula is C20H20N2O5S2. The van der Waals surface area contributed by atoms with Crippen molar-refractivity contribution < 1.29 is 22.7 Å². The van der Waals surface area contributed by atoms with E-state index in [1.165, 1.54) is 12.1 Å². The van der Waals surface area contributed by atoms with Gasteiger partial charge in [-0.3, -0.25) is 9.59 Å². The van der Waals surface area contributed by atoms with Crippen LogP contribution in [0.5, 0.6) is 0 Å². The molecule has 0 fully saturated rings. The molecule has 0 radical (unpaired) electrons. The minimum atomic E-state index is -3.39. The third-order valence-corrected chi connectivity index (χ3v) is 6.29. The first-order valence-electron chi connectivity index (χ1n) is 8.84. The van der Waals surface area contributed by atoms with Crippen molar-refractivity contribution >= 4 is 43.3 Å². The van der Waals surface area contributed by atoms with E-state index in [1.54, 1.807) is 35.8 Å². The molecule has 0 saturated heterocycles. The fourth-order valence-electron chi connectivity index (χ4n) is 2.79. The molecule has 0 N–H and O–H groups in total. The van der Waals surface area contributed by atoms with Gasteiger partial charge in [0.05, 0.1) is 21.7 Å². The SMILES string of the molecule is CCOC(=O)Cn1c(=NC(=O)c2cccc(C)c2)sc2cc(S(C)(=O)=O)ccc21. The molecule has 0 bridgehead atoms. The number of hydrogen-bond donors (Lipinski definition) is 0. The molecular weight excluding hydrogens is 412 g/mol. The van der Waals surface area contributed by atoms with E-state index in [1.807, 2.05) is 13.0 Å². The highest BCUT2D eigenvalue weighted by Gasteiger charge is 2.15. The van der Waals surface area contributed by atoms with Gasteiger partial charge in [0.15, 0.2) is 14.6 Å². The lowest BCUT2D eigenvalue weighted by molar-refractivity contribution is -0.143. The van der Waals surface area contributed by atoms with Crippen molar-refractivity contribution in [3.8, 4) is 0 Å². The number of esters is 1. The van der Waals surface area contributed by atoms with Gasteiger partial charge in [-0.25, -0.2) is 8.42 Å². The molecule has 0 unspecified atom stereocenters. The van der Waals surface area contributed by atoms with E-state index in [0.717, 1.165) is 23.2 Å². The Kier molecular flexibility index (Phi) is 5.99. The van der Waals surface area contributed by atoms with Crippen molar-refractivity contribution in [2.24, 2.45) is 4.99 Å². The molecule has 7 nitrogen and oxygen atoms in total. The molecule has 0 aliphatic rings. The Hall–Kier alpha value is -2.78. The number of fused-ring (bicyclic) bond motifs is 1. The minimum Gasteiger partial charge on any atom is -0.465 e. The van der Waals surface area contributed by atoms with Gasteiger partial charge in [0.1, 0.15) is 6.54 Å². The summed E-state index contributed by atoms with van der Waals surface area (Å²) in [7, 11) is -3.39. The predicted octanol–water partition coefficient (Wildman–Crippen LogP) is 2.72. The molecule has 2 aromatic carbocycles. The Labute approximate surface area is 172 Å². The van der Waals surface area contributed by atoms with Gasteiger partial charge in [0.25, 0.3) is 5.91 Å². The molecule has 3 rings (SSSR count). The molecule has 0 aliphatic heterocycles. The molecule has 1 aromatic heterocycles. The number of nitrogens with zero attached hydrogens (tertiary/aromatic N) is 2. The van der Waals surface area contributed by atoms with Crippen molar-refractivity contribution in [3.05, 3.63) is 58.4 Å². The van der Waals surface area contributed by atoms with Crippen LogP contribution in [-0.2, 0) is 25.9 Å². The highest BCUT2D eigenvalue weighted by atomic mass is 32.2. The second-order valence-corrected chi connectivity index (χ2v) is 9.49. The van der Waals surface area contributed by atoms with Crippen LogP contribution in [0.25, 0.3) is 10.2 Å². The normalized spacial score (nSPS) is 12.3. The standard InChI is InChI=1S/C20H20N2O5S2/c1-4-27-18(23)12-22-16-9-8-15(29(3,25)26)11-17(16)28-20(22)21-19(24)14-7-5-6-13(2)10-14/h5-11H,4,12H2,1-3H3. The van der Waals surface area contributed by atoms with Crippen molar-refractivity contribution in [2.75, 3.05) is 12.9 Å². The van der Waals surface area contributed by atoms with E-state index in [2.05, 4.69) is 4.99 Å². The maximum Gasteiger partial charge on any atom is 0.326 e. The summed E-state index contributed by atoms with van der Waals surface area (Å²) in [5.41, 5.74) is 1.97. The molecule has 0 spiro atoms. The van der Waals surface area contributed by atoms with Crippen LogP contribution in [0.4, 0.5) is 0 Å². The molecule has 1 amide bonds. The van der Waals surface area contributed by atoms with Crippen LogP contribution in [0.1, 0.15) is 22.8 Å². The molecule has 152 valence electrons. The second-order valence-electron chi connectivity index (χ2n) is 6.46. The number of rotatable bonds is 5. The van der Waals surface area contributed by atoms with Crippen LogP contribution in [0, 0.1) is 6.92 Å². The number of benzene rings is 2. The fraction of sp³-hybridized carbons (Fsp3) is 0.250. The summed E-state index contributed by atoms with van der Waals surface area (Å²) in [6, 6.07) is 11.7. The van der Waals surface area contributed by atoms with Gasteiger partial charge in [-0.2, -0.15) is 4.99 Å². The van der Waals surface area contributed by atoms with Crippen molar-refractivity contribution in [1.82, 2.24) is 4.57 Å². The lowest BCUT2D eigenvalue weighted by Crippen LogP contribution is -2.23. The summed E-state index contributed by atoms with van der Waals surface area (Å²) >= 11 is 1.14. The van der Waals surface area contributed by atoms with Gasteiger partial charge in [-0.05, 0) is 44.2 Å². The minimum absolute atomic E-state index is 0.133. The molecule has 0 saturated carbocycles. The zero-order chi connectivity index (χ0) is 21.2. The number of ether oxygens (including phenoxy) is 1. The van der Waals surface area contributed by atoms with Crippen molar-refractivity contribution in [1.29, 1.82) is 0 Å². The number of amides is 1. The molecule has 0 aliphatic carbocycles. The van der Waals surface area contributed by atoms with Gasteiger partial charge in [0.2, 0.25) is 0 Å². The van der Waals surface area contributed by atoms with Gasteiger partial charge in [-0.1, -0.05) is 29.0 Å². The average Bonchev–Trinajstić information content (AvgIpc) is 2.97. The van der Waals surface area contributed by atoms with Gasteiger partial charge < -0.3 is 9.30 Å². The van der Waals surface area contributed by atoms with Crippen LogP contribution in [0.2, 0.25) is 0 Å². The Morgan fingerprint density at radius 2 is 1.93 bits per heavy atom. The Morgan fingerprint density at radius 1 is 1.17 bits per heavy atom. The lowest BCUT2D eigenvalue weighted by Gasteiger charge is -2.05. The highest BCUT2D eigenvalue weighted by Crippen LogP contribution is 2.22. The second kappa shape index (κ2) is 8.30. The lowest BCUT2D eigenvalue weighted by atomic mass is 10.1. The van der Waals surface area contributed by atoms with E-state index >= 15 is 0 Å². The van der Waals surface area contributed by atoms with Crippen LogP contribution < -0.4 is 4.80 Å². The Balaban J connectivity index is 2.17. The van der Waals surface area contributed by atoms with E-state index in [0.29, 0.717) is 20.6 Å². The smallest absolute Gasteiger partial charge is 0.326 e. The van der Waals surface area contributed by atoms with Crippen LogP contribution in [-0.4, -0.2) is 37.7 Å². The summed E-state index contributed by atoms with van der Waals surface area (Å²) in [5, 5.41) is 0. The van der Waals surface area contributed by atoms with Gasteiger partial charge in [-0.15, -0.1) is 0 Å². The first kappa shape index (κ1) is 20.9. The van der Waals surface area contributed by atoms with E-state index in [4.69, 9.17) is 4.74 Å². The van der Waals surface area contributed by atoms with E-state index in [9.17, 15) is 18.0 Å². The summed E-state index contributed by atoms with van der Waals surface area (Å²) < 4.78 is 30.9. The number of thiazole rings is 1. The monoisotopic (exact) mass is 432 g/mol. The number of aryl methyl sites for hydroxylation is 1. The Bertz CT molecular complexity index is 1270. The molecule has 9 heteroatoms. The number of carbonyl (C=O) groups excluding carboxylic acids is 2. The summed E-state index contributed by atoms with van der Waals surface area (Å²) in [5.74, 6) is -0.912. The van der Waals surface area contributed by atoms with Crippen molar-refractivity contribution in [2.45, 2.75) is 25.3 Å². The first-order chi connectivity index (χ1) is 13.7. The zero-order valence-corrected chi connectivity index (χ0v) is 17.8. The quantitative estimate of drug-likeness (QED) is 0.578. The highest BCUT2D eigenvalue weighted by molar-refractivity contribution is 7.90. The number of sulfone groups is 1. The zero-order valence-electron chi connectivity index (χ0n) is 16.2. The fourth-order valence-corrected chi connectivity index (χ4v) is 4.58. The third-order valence-electron chi connectivity index (χ3n) is 4.14. The van der Waals surface area contributed by atoms with Gasteiger partial charge >= 0.3 is 5.97 Å². The average molecular weight is 433 g/mol. The molecule has 0 atom stereocenters. The van der Waals surface area contributed by atoms with Crippen LogP contribution in [0.3, 0.4) is 0 Å². The predicted molar refractivity (Wildman–Crippen MR) is 111 cm³/mol.